The highest BCUT2D eigenvalue weighted by Gasteiger charge is 2.29. The average Bonchev–Trinajstić information content (AvgIpc) is 1.57. The molecule has 0 radical (unpaired) electrons. The van der Waals surface area contributed by atoms with Crippen molar-refractivity contribution in [2.24, 2.45) is 0 Å². The fourth-order valence-corrected chi connectivity index (χ4v) is 17.4. The lowest BCUT2D eigenvalue weighted by atomic mass is 9.95. The first-order valence-corrected chi connectivity index (χ1v) is 38.8. The summed E-state index contributed by atoms with van der Waals surface area (Å²) in [5, 5.41) is 24.7. The van der Waals surface area contributed by atoms with Gasteiger partial charge in [0.1, 0.15) is 11.5 Å². The van der Waals surface area contributed by atoms with Gasteiger partial charge in [-0.1, -0.05) is 107 Å². The number of halogens is 1. The molecule has 2 unspecified atom stereocenters. The topological polar surface area (TPSA) is 247 Å². The van der Waals surface area contributed by atoms with Crippen LogP contribution in [-0.4, -0.2) is 126 Å². The van der Waals surface area contributed by atoms with Gasteiger partial charge in [0, 0.05) is 64.1 Å². The van der Waals surface area contributed by atoms with E-state index in [-0.39, 0.29) is 46.4 Å². The minimum atomic E-state index is -0.0960. The lowest BCUT2D eigenvalue weighted by molar-refractivity contribution is 0.185. The maximum Gasteiger partial charge on any atom is 0.262 e. The van der Waals surface area contributed by atoms with Crippen molar-refractivity contribution in [3.05, 3.63) is 255 Å². The van der Waals surface area contributed by atoms with Crippen molar-refractivity contribution in [2.75, 3.05) is 67.1 Å². The van der Waals surface area contributed by atoms with Gasteiger partial charge in [-0.05, 0) is 183 Å². The molecular weight excluding hydrogens is 1480 g/mol. The van der Waals surface area contributed by atoms with Crippen LogP contribution in [0.4, 0.5) is 0 Å². The Morgan fingerprint density at radius 1 is 0.402 bits per heavy atom. The average molecular weight is 1560 g/mol. The van der Waals surface area contributed by atoms with Gasteiger partial charge in [0.05, 0.1) is 162 Å². The van der Waals surface area contributed by atoms with Gasteiger partial charge in [-0.3, -0.25) is 37.9 Å². The third-order valence-corrected chi connectivity index (χ3v) is 23.1. The normalized spacial score (nSPS) is 16.9. The number of nitrogens with zero attached hydrogens (tertiary/aromatic N) is 9. The summed E-state index contributed by atoms with van der Waals surface area (Å²) in [6.45, 7) is 18.6. The second-order valence-corrected chi connectivity index (χ2v) is 30.6. The first-order chi connectivity index (χ1) is 54.5. The third-order valence-electron chi connectivity index (χ3n) is 22.6. The van der Waals surface area contributed by atoms with E-state index < -0.39 is 0 Å². The smallest absolute Gasteiger partial charge is 0.262 e. The quantitative estimate of drug-likeness (QED) is 0.109. The number of pyridine rings is 4. The van der Waals surface area contributed by atoms with Gasteiger partial charge < -0.3 is 47.9 Å². The highest BCUT2D eigenvalue weighted by molar-refractivity contribution is 9.10. The van der Waals surface area contributed by atoms with E-state index in [1.807, 2.05) is 55.1 Å². The van der Waals surface area contributed by atoms with E-state index in [9.17, 15) is 19.2 Å². The van der Waals surface area contributed by atoms with E-state index in [4.69, 9.17) is 28.4 Å². The van der Waals surface area contributed by atoms with Crippen LogP contribution >= 0.6 is 15.9 Å². The van der Waals surface area contributed by atoms with Gasteiger partial charge in [0.2, 0.25) is 0 Å². The molecule has 20 rings (SSSR count). The number of rotatable bonds is 11. The Balaban J connectivity index is 0.000000109. The van der Waals surface area contributed by atoms with Crippen molar-refractivity contribution in [3.8, 4) is 44.9 Å². The first kappa shape index (κ1) is 73.2. The summed E-state index contributed by atoms with van der Waals surface area (Å²) in [5.41, 5.74) is 21.8. The zero-order valence-corrected chi connectivity index (χ0v) is 65.2. The Morgan fingerprint density at radius 2 is 0.750 bits per heavy atom. The fraction of sp³-hybridized carbons (Fsp3) is 0.281. The lowest BCUT2D eigenvalue weighted by Crippen LogP contribution is -2.22. The Morgan fingerprint density at radius 3 is 1.09 bits per heavy atom. The molecule has 8 aromatic heterocycles. The monoisotopic (exact) mass is 1560 g/mol. The summed E-state index contributed by atoms with van der Waals surface area (Å²) in [7, 11) is 3.23. The zero-order valence-electron chi connectivity index (χ0n) is 63.7. The Hall–Kier alpha value is -11.6. The van der Waals surface area contributed by atoms with Crippen LogP contribution in [0.25, 0.3) is 121 Å². The molecule has 23 heteroatoms. The number of hydrogen-bond acceptors (Lipinski definition) is 14. The van der Waals surface area contributed by atoms with Crippen molar-refractivity contribution in [3.63, 3.8) is 0 Å². The molecule has 4 saturated heterocycles. The molecule has 4 aliphatic rings. The van der Waals surface area contributed by atoms with Crippen molar-refractivity contribution < 1.29 is 28.4 Å². The number of fused-ring (bicyclic) bond motifs is 12. The summed E-state index contributed by atoms with van der Waals surface area (Å²) in [4.78, 5) is 60.7. The maximum absolute atomic E-state index is 13.6. The summed E-state index contributed by atoms with van der Waals surface area (Å²) in [6.07, 6.45) is 10.4. The molecule has 8 aromatic carbocycles. The molecule has 4 fully saturated rings. The standard InChI is InChI=1S/C23H22BrN3O4.3C22H21N3O2/c1-29-17-5-3-14(21(10-17)30-2)12-26-20-9-15(24)4-6-18(20)22-19(23(26)28)11-25-27(22)16-7-8-31-13-16;3*1-13-4-3-5-14(2)20(13)15-6-7-17-19(10-15)24-22(26)18-11-23-25(21(17)18)16-8-9-27-12-16/h3-6,9-11,16H,7-8,12-13H2,1-2H3;3*3-7,10-11,16H,8-9,12H2,1-2H3,(H,24,26)/t;2*16-;/m.10./s1. The van der Waals surface area contributed by atoms with Crippen LogP contribution in [0.1, 0.15) is 88.8 Å². The van der Waals surface area contributed by atoms with Crippen molar-refractivity contribution in [2.45, 2.75) is 97.9 Å². The van der Waals surface area contributed by atoms with E-state index in [1.54, 1.807) is 43.6 Å². The number of aromatic nitrogens is 12. The van der Waals surface area contributed by atoms with E-state index >= 15 is 0 Å². The number of benzene rings is 8. The predicted molar refractivity (Wildman–Crippen MR) is 444 cm³/mol. The molecule has 4 atom stereocenters. The van der Waals surface area contributed by atoms with E-state index in [0.717, 1.165) is 138 Å². The number of H-pyrrole nitrogens is 3. The Kier molecular flexibility index (Phi) is 20.0. The largest absolute Gasteiger partial charge is 0.497 e. The number of hydrogen-bond donors (Lipinski definition) is 3. The minimum absolute atomic E-state index is 0.0800. The molecule has 0 spiro atoms. The van der Waals surface area contributed by atoms with Gasteiger partial charge >= 0.3 is 0 Å². The maximum atomic E-state index is 13.6. The van der Waals surface area contributed by atoms with Crippen LogP contribution in [0, 0.1) is 41.5 Å². The summed E-state index contributed by atoms with van der Waals surface area (Å²) < 4.78 is 43.6. The molecule has 112 heavy (non-hydrogen) atoms. The summed E-state index contributed by atoms with van der Waals surface area (Å²) in [5.74, 6) is 1.38. The lowest BCUT2D eigenvalue weighted by Gasteiger charge is -2.17. The summed E-state index contributed by atoms with van der Waals surface area (Å²) >= 11 is 3.56. The molecule has 22 nitrogen and oxygen atoms in total. The van der Waals surface area contributed by atoms with Crippen LogP contribution in [0.15, 0.2) is 194 Å². The molecule has 0 bridgehead atoms. The Labute approximate surface area is 651 Å². The van der Waals surface area contributed by atoms with Crippen LogP contribution in [0.3, 0.4) is 0 Å². The molecule has 3 N–H and O–H groups in total. The fourth-order valence-electron chi connectivity index (χ4n) is 17.0. The Bertz CT molecular complexity index is 6090. The number of aromatic amines is 3. The SMILES string of the molecule is COc1ccc(Cn2c(=O)c3cnn(C4CCOC4)c3c3ccc(Br)cc32)c(OC)c1.Cc1cccc(C)c1-c1ccc2c(c1)[nH]c(=O)c1cnn(C3CCOC3)c12.Cc1cccc(C)c1-c1ccc2c(c1)[nH]c(=O)c1cnn([C@@H]3CCOC3)c12.Cc1cccc(C)c1-c1ccc2c(c1)[nH]c(=O)c1cnn([C@H]3CCOC3)c12. The molecule has 4 aliphatic heterocycles. The number of nitrogens with one attached hydrogen (secondary N) is 3. The molecule has 16 aromatic rings. The highest BCUT2D eigenvalue weighted by atomic mass is 79.9. The van der Waals surface area contributed by atoms with E-state index in [1.165, 1.54) is 50.1 Å². The first-order valence-electron chi connectivity index (χ1n) is 38.0. The molecule has 568 valence electrons. The van der Waals surface area contributed by atoms with Gasteiger partial charge in [0.25, 0.3) is 22.2 Å². The van der Waals surface area contributed by atoms with Crippen molar-refractivity contribution in [1.29, 1.82) is 0 Å². The van der Waals surface area contributed by atoms with E-state index in [2.05, 4.69) is 202 Å². The number of ether oxygens (including phenoxy) is 6. The highest BCUT2D eigenvalue weighted by Crippen LogP contribution is 2.39. The van der Waals surface area contributed by atoms with Gasteiger partial charge in [-0.25, -0.2) is 0 Å². The molecule has 0 aliphatic carbocycles. The van der Waals surface area contributed by atoms with Crippen LogP contribution in [0.5, 0.6) is 11.5 Å². The molecule has 12 heterocycles. The van der Waals surface area contributed by atoms with Crippen LogP contribution in [-0.2, 0) is 25.5 Å². The van der Waals surface area contributed by atoms with E-state index in [0.29, 0.717) is 72.6 Å². The molecular formula is C89H85BrN12O10. The second kappa shape index (κ2) is 30.6. The summed E-state index contributed by atoms with van der Waals surface area (Å²) in [6, 6.07) is 50.2. The van der Waals surface area contributed by atoms with Gasteiger partial charge in [-0.15, -0.1) is 0 Å². The minimum Gasteiger partial charge on any atom is -0.497 e. The van der Waals surface area contributed by atoms with Crippen LogP contribution in [0.2, 0.25) is 0 Å². The molecule has 0 saturated carbocycles. The van der Waals surface area contributed by atoms with Crippen molar-refractivity contribution in [1.82, 2.24) is 58.6 Å². The molecule has 0 amide bonds. The van der Waals surface area contributed by atoms with Gasteiger partial charge in [-0.2, -0.15) is 20.4 Å². The van der Waals surface area contributed by atoms with Gasteiger partial charge in [0.15, 0.2) is 0 Å². The number of methoxy groups -OCH3 is 2. The third kappa shape index (κ3) is 13.5. The predicted octanol–water partition coefficient (Wildman–Crippen LogP) is 16.5. The van der Waals surface area contributed by atoms with Crippen molar-refractivity contribution >= 4 is 103 Å². The zero-order chi connectivity index (χ0) is 77.2. The number of aryl methyl sites for hydroxylation is 6. The van der Waals surface area contributed by atoms with Crippen LogP contribution < -0.4 is 31.7 Å². The second-order valence-electron chi connectivity index (χ2n) is 29.6.